The first-order chi connectivity index (χ1) is 8.48. The average molecular weight is 245 g/mol. The van der Waals surface area contributed by atoms with E-state index in [0.717, 1.165) is 12.1 Å². The van der Waals surface area contributed by atoms with E-state index < -0.39 is 0 Å². The number of benzene rings is 1. The largest absolute Gasteiger partial charge is 0.370 e. The van der Waals surface area contributed by atoms with E-state index >= 15 is 0 Å². The highest BCUT2D eigenvalue weighted by Gasteiger charge is 2.19. The lowest BCUT2D eigenvalue weighted by atomic mass is 9.99. The Balaban J connectivity index is 2.10. The lowest BCUT2D eigenvalue weighted by molar-refractivity contribution is -0.119. The molecule has 0 aliphatic heterocycles. The molecule has 0 bridgehead atoms. The van der Waals surface area contributed by atoms with Gasteiger partial charge in [0.25, 0.3) is 0 Å². The van der Waals surface area contributed by atoms with E-state index in [4.69, 9.17) is 5.73 Å². The summed E-state index contributed by atoms with van der Waals surface area (Å²) >= 11 is 0. The van der Waals surface area contributed by atoms with E-state index in [0.29, 0.717) is 6.42 Å². The minimum Gasteiger partial charge on any atom is -0.370 e. The molecule has 0 radical (unpaired) electrons. The molecule has 18 heavy (non-hydrogen) atoms. The van der Waals surface area contributed by atoms with Gasteiger partial charge >= 0.3 is 0 Å². The van der Waals surface area contributed by atoms with Crippen LogP contribution in [0.1, 0.15) is 25.8 Å². The zero-order valence-corrected chi connectivity index (χ0v) is 10.8. The van der Waals surface area contributed by atoms with Crippen molar-refractivity contribution in [2.45, 2.75) is 32.4 Å². The summed E-state index contributed by atoms with van der Waals surface area (Å²) < 4.78 is 0. The van der Waals surface area contributed by atoms with Gasteiger partial charge < -0.3 is 16.0 Å². The Morgan fingerprint density at radius 3 is 2.89 bits per heavy atom. The van der Waals surface area contributed by atoms with Crippen molar-refractivity contribution in [3.05, 3.63) is 36.0 Å². The summed E-state index contributed by atoms with van der Waals surface area (Å²) in [7, 11) is 0. The summed E-state index contributed by atoms with van der Waals surface area (Å²) in [5.41, 5.74) is 7.29. The normalized spacial score (nSPS) is 11.9. The molecule has 1 aromatic carbocycles. The minimum absolute atomic E-state index is 0.285. The molecule has 2 aromatic rings. The van der Waals surface area contributed by atoms with Crippen molar-refractivity contribution in [3.63, 3.8) is 0 Å². The summed E-state index contributed by atoms with van der Waals surface area (Å²) in [6, 6.07) is 8.22. The number of rotatable bonds is 5. The molecule has 0 unspecified atom stereocenters. The van der Waals surface area contributed by atoms with Crippen LogP contribution >= 0.6 is 0 Å². The first-order valence-electron chi connectivity index (χ1n) is 6.06. The summed E-state index contributed by atoms with van der Waals surface area (Å²) in [5.74, 6) is -0.285. The van der Waals surface area contributed by atoms with Gasteiger partial charge in [0.15, 0.2) is 0 Å². The van der Waals surface area contributed by atoms with Gasteiger partial charge in [0.2, 0.25) is 5.91 Å². The van der Waals surface area contributed by atoms with E-state index in [1.165, 1.54) is 10.9 Å². The van der Waals surface area contributed by atoms with Gasteiger partial charge in [0.1, 0.15) is 0 Å². The summed E-state index contributed by atoms with van der Waals surface area (Å²) in [4.78, 5) is 14.2. The van der Waals surface area contributed by atoms with Crippen molar-refractivity contribution in [2.75, 3.05) is 0 Å². The fourth-order valence-electron chi connectivity index (χ4n) is 2.14. The third kappa shape index (κ3) is 2.90. The number of carbonyl (C=O) groups excluding carboxylic acids is 1. The molecule has 4 heteroatoms. The van der Waals surface area contributed by atoms with Gasteiger partial charge in [-0.15, -0.1) is 0 Å². The molecular weight excluding hydrogens is 226 g/mol. The Bertz CT molecular complexity index is 557. The smallest absolute Gasteiger partial charge is 0.219 e. The predicted octanol–water partition coefficient (Wildman–Crippen LogP) is 1.91. The molecule has 0 fully saturated rings. The molecule has 1 heterocycles. The van der Waals surface area contributed by atoms with Crippen LogP contribution in [0.4, 0.5) is 0 Å². The van der Waals surface area contributed by atoms with E-state index in [9.17, 15) is 4.79 Å². The first kappa shape index (κ1) is 12.6. The van der Waals surface area contributed by atoms with E-state index in [1.54, 1.807) is 0 Å². The van der Waals surface area contributed by atoms with Gasteiger partial charge in [-0.05, 0) is 31.5 Å². The summed E-state index contributed by atoms with van der Waals surface area (Å²) in [6.07, 6.45) is 2.26. The quantitative estimate of drug-likeness (QED) is 0.753. The van der Waals surface area contributed by atoms with Gasteiger partial charge in [0, 0.05) is 35.6 Å². The van der Waals surface area contributed by atoms with Crippen molar-refractivity contribution < 1.29 is 4.79 Å². The fraction of sp³-hybridized carbons (Fsp3) is 0.357. The molecule has 4 N–H and O–H groups in total. The van der Waals surface area contributed by atoms with Crippen molar-refractivity contribution in [3.8, 4) is 0 Å². The molecule has 1 aromatic heterocycles. The average Bonchev–Trinajstić information content (AvgIpc) is 2.72. The number of hydrogen-bond donors (Lipinski definition) is 3. The van der Waals surface area contributed by atoms with Gasteiger partial charge in [-0.1, -0.05) is 12.1 Å². The predicted molar refractivity (Wildman–Crippen MR) is 73.0 cm³/mol. The third-order valence-electron chi connectivity index (χ3n) is 3.06. The number of carbonyl (C=O) groups is 1. The molecule has 0 saturated heterocycles. The maximum Gasteiger partial charge on any atom is 0.219 e. The molecule has 0 saturated carbocycles. The van der Waals surface area contributed by atoms with Crippen molar-refractivity contribution in [2.24, 2.45) is 5.73 Å². The van der Waals surface area contributed by atoms with Gasteiger partial charge in [0.05, 0.1) is 0 Å². The topological polar surface area (TPSA) is 70.9 Å². The SMILES string of the molecule is CC(C)(CC(N)=O)NCc1cccc2[nH]ccc12. The fourth-order valence-corrected chi connectivity index (χ4v) is 2.14. The highest BCUT2D eigenvalue weighted by molar-refractivity contribution is 5.82. The zero-order valence-electron chi connectivity index (χ0n) is 10.8. The maximum absolute atomic E-state index is 11.0. The number of aromatic nitrogens is 1. The van der Waals surface area contributed by atoms with E-state index in [1.807, 2.05) is 32.2 Å². The second-order valence-corrected chi connectivity index (χ2v) is 5.24. The molecule has 0 aliphatic rings. The second-order valence-electron chi connectivity index (χ2n) is 5.24. The molecule has 1 amide bonds. The number of hydrogen-bond acceptors (Lipinski definition) is 2. The molecule has 0 atom stereocenters. The van der Waals surface area contributed by atoms with Crippen LogP contribution in [-0.4, -0.2) is 16.4 Å². The number of nitrogens with one attached hydrogen (secondary N) is 2. The number of primary amides is 1. The second kappa shape index (κ2) is 4.82. The number of nitrogens with two attached hydrogens (primary N) is 1. The molecular formula is C14H19N3O. The van der Waals surface area contributed by atoms with Crippen LogP contribution in [0.15, 0.2) is 30.5 Å². The highest BCUT2D eigenvalue weighted by atomic mass is 16.1. The Kier molecular flexibility index (Phi) is 3.39. The van der Waals surface area contributed by atoms with Crippen LogP contribution in [0.3, 0.4) is 0 Å². The minimum atomic E-state index is -0.287. The number of fused-ring (bicyclic) bond motifs is 1. The number of aromatic amines is 1. The molecule has 0 spiro atoms. The van der Waals surface area contributed by atoms with Gasteiger partial charge in [-0.2, -0.15) is 0 Å². The standard InChI is InChI=1S/C14H19N3O/c1-14(2,8-13(15)18)17-9-10-4-3-5-12-11(10)6-7-16-12/h3-7,16-17H,8-9H2,1-2H3,(H2,15,18). The van der Waals surface area contributed by atoms with Crippen LogP contribution < -0.4 is 11.1 Å². The first-order valence-corrected chi connectivity index (χ1v) is 6.06. The van der Waals surface area contributed by atoms with Crippen molar-refractivity contribution >= 4 is 16.8 Å². The van der Waals surface area contributed by atoms with Crippen molar-refractivity contribution in [1.29, 1.82) is 0 Å². The summed E-state index contributed by atoms with van der Waals surface area (Å²) in [6.45, 7) is 4.68. The van der Waals surface area contributed by atoms with Gasteiger partial charge in [-0.25, -0.2) is 0 Å². The Morgan fingerprint density at radius 1 is 1.39 bits per heavy atom. The summed E-state index contributed by atoms with van der Waals surface area (Å²) in [5, 5.41) is 4.58. The Hall–Kier alpha value is -1.81. The lowest BCUT2D eigenvalue weighted by Gasteiger charge is -2.25. The monoisotopic (exact) mass is 245 g/mol. The number of amides is 1. The van der Waals surface area contributed by atoms with Gasteiger partial charge in [-0.3, -0.25) is 4.79 Å². The van der Waals surface area contributed by atoms with Crippen LogP contribution in [0.5, 0.6) is 0 Å². The number of H-pyrrole nitrogens is 1. The molecule has 96 valence electrons. The lowest BCUT2D eigenvalue weighted by Crippen LogP contribution is -2.42. The molecule has 0 aliphatic carbocycles. The van der Waals surface area contributed by atoms with Crippen LogP contribution in [-0.2, 0) is 11.3 Å². The molecule has 2 rings (SSSR count). The van der Waals surface area contributed by atoms with Crippen LogP contribution in [0.2, 0.25) is 0 Å². The maximum atomic E-state index is 11.0. The molecule has 4 nitrogen and oxygen atoms in total. The third-order valence-corrected chi connectivity index (χ3v) is 3.06. The zero-order chi connectivity index (χ0) is 13.2. The van der Waals surface area contributed by atoms with Crippen LogP contribution in [0.25, 0.3) is 10.9 Å². The van der Waals surface area contributed by atoms with Crippen LogP contribution in [0, 0.1) is 0 Å². The van der Waals surface area contributed by atoms with E-state index in [2.05, 4.69) is 22.4 Å². The van der Waals surface area contributed by atoms with E-state index in [-0.39, 0.29) is 11.4 Å². The Morgan fingerprint density at radius 2 is 2.17 bits per heavy atom. The Labute approximate surface area is 107 Å². The highest BCUT2D eigenvalue weighted by Crippen LogP contribution is 2.18. The van der Waals surface area contributed by atoms with Crippen molar-refractivity contribution in [1.82, 2.24) is 10.3 Å².